The van der Waals surface area contributed by atoms with Crippen molar-refractivity contribution >= 4 is 20.2 Å². The third-order valence-electron chi connectivity index (χ3n) is 3.93. The summed E-state index contributed by atoms with van der Waals surface area (Å²) in [5, 5.41) is 0.152. The van der Waals surface area contributed by atoms with Crippen molar-refractivity contribution in [3.63, 3.8) is 0 Å². The first-order valence-electron chi connectivity index (χ1n) is 7.05. The summed E-state index contributed by atoms with van der Waals surface area (Å²) in [4.78, 5) is 11.5. The van der Waals surface area contributed by atoms with Gasteiger partial charge < -0.3 is 4.43 Å². The van der Waals surface area contributed by atoms with Crippen molar-refractivity contribution in [3.8, 4) is 5.75 Å². The second-order valence-corrected chi connectivity index (χ2v) is 11.4. The average molecular weight is 290 g/mol. The molecule has 0 atom stereocenters. The van der Waals surface area contributed by atoms with E-state index in [0.717, 1.165) is 16.9 Å². The normalized spacial score (nSPS) is 12.8. The molecule has 0 saturated heterocycles. The van der Waals surface area contributed by atoms with E-state index in [9.17, 15) is 4.79 Å². The fraction of sp³-hybridized carbons (Fsp3) is 0.471. The predicted octanol–water partition coefficient (Wildman–Crippen LogP) is 5.31. The van der Waals surface area contributed by atoms with Crippen LogP contribution in [-0.2, 0) is 0 Å². The van der Waals surface area contributed by atoms with Gasteiger partial charge in [0.1, 0.15) is 5.75 Å². The highest BCUT2D eigenvalue weighted by molar-refractivity contribution is 6.74. The first kappa shape index (κ1) is 16.7. The van der Waals surface area contributed by atoms with Gasteiger partial charge in [-0.05, 0) is 50.2 Å². The number of ketones is 1. The van der Waals surface area contributed by atoms with Crippen LogP contribution in [0.25, 0.3) is 6.08 Å². The molecule has 0 amide bonds. The summed E-state index contributed by atoms with van der Waals surface area (Å²) in [7, 11) is -1.87. The van der Waals surface area contributed by atoms with E-state index in [1.54, 1.807) is 6.92 Å². The molecular formula is C17H26O2Si. The Kier molecular flexibility index (Phi) is 4.98. The Hall–Kier alpha value is -1.35. The van der Waals surface area contributed by atoms with E-state index < -0.39 is 8.32 Å². The zero-order chi connectivity index (χ0) is 15.6. The molecule has 0 heterocycles. The molecule has 1 rings (SSSR count). The molecule has 110 valence electrons. The van der Waals surface area contributed by atoms with Crippen LogP contribution in [0.1, 0.15) is 50.5 Å². The van der Waals surface area contributed by atoms with E-state index in [1.165, 1.54) is 0 Å². The van der Waals surface area contributed by atoms with Crippen LogP contribution >= 0.6 is 0 Å². The first-order valence-corrected chi connectivity index (χ1v) is 9.96. The van der Waals surface area contributed by atoms with Crippen LogP contribution < -0.4 is 4.43 Å². The maximum atomic E-state index is 11.5. The molecule has 0 bridgehead atoms. The monoisotopic (exact) mass is 290 g/mol. The zero-order valence-corrected chi connectivity index (χ0v) is 14.7. The van der Waals surface area contributed by atoms with Crippen molar-refractivity contribution in [2.45, 2.75) is 52.8 Å². The SMILES string of the molecule is C/C=C/c1cc(C(C)=O)ccc1O[Si](C)(C)C(C)(C)C. The summed E-state index contributed by atoms with van der Waals surface area (Å²) >= 11 is 0. The summed E-state index contributed by atoms with van der Waals surface area (Å²) in [6, 6.07) is 5.68. The van der Waals surface area contributed by atoms with Gasteiger partial charge in [0.05, 0.1) is 0 Å². The highest BCUT2D eigenvalue weighted by Crippen LogP contribution is 2.38. The molecule has 0 aromatic heterocycles. The lowest BCUT2D eigenvalue weighted by molar-refractivity contribution is 0.101. The van der Waals surface area contributed by atoms with Crippen molar-refractivity contribution in [3.05, 3.63) is 35.4 Å². The summed E-state index contributed by atoms with van der Waals surface area (Å²) < 4.78 is 6.36. The number of hydrogen-bond donors (Lipinski definition) is 0. The van der Waals surface area contributed by atoms with Crippen LogP contribution in [0.3, 0.4) is 0 Å². The third kappa shape index (κ3) is 3.82. The molecular weight excluding hydrogens is 264 g/mol. The Balaban J connectivity index is 3.22. The van der Waals surface area contributed by atoms with Crippen molar-refractivity contribution in [2.75, 3.05) is 0 Å². The molecule has 20 heavy (non-hydrogen) atoms. The number of rotatable bonds is 4. The van der Waals surface area contributed by atoms with E-state index in [-0.39, 0.29) is 10.8 Å². The van der Waals surface area contributed by atoms with Crippen molar-refractivity contribution in [1.29, 1.82) is 0 Å². The van der Waals surface area contributed by atoms with Gasteiger partial charge >= 0.3 is 0 Å². The van der Waals surface area contributed by atoms with Crippen LogP contribution in [0.15, 0.2) is 24.3 Å². The molecule has 0 unspecified atom stereocenters. The number of hydrogen-bond acceptors (Lipinski definition) is 2. The average Bonchev–Trinajstić information content (AvgIpc) is 2.29. The fourth-order valence-electron chi connectivity index (χ4n) is 1.60. The maximum Gasteiger partial charge on any atom is 0.250 e. The quantitative estimate of drug-likeness (QED) is 0.555. The standard InChI is InChI=1S/C17H26O2Si/c1-8-9-15-12-14(13(2)18)10-11-16(15)19-20(6,7)17(3,4)5/h8-12H,1-7H3/b9-8+. The summed E-state index contributed by atoms with van der Waals surface area (Å²) in [6.07, 6.45) is 3.96. The summed E-state index contributed by atoms with van der Waals surface area (Å²) in [5.41, 5.74) is 1.70. The number of carbonyl (C=O) groups is 1. The molecule has 0 spiro atoms. The highest BCUT2D eigenvalue weighted by atomic mass is 28.4. The van der Waals surface area contributed by atoms with Crippen LogP contribution in [-0.4, -0.2) is 14.1 Å². The molecule has 0 saturated carbocycles. The molecule has 1 aromatic rings. The van der Waals surface area contributed by atoms with E-state index in [2.05, 4.69) is 33.9 Å². The zero-order valence-electron chi connectivity index (χ0n) is 13.7. The van der Waals surface area contributed by atoms with Gasteiger partial charge in [0.25, 0.3) is 8.32 Å². The van der Waals surface area contributed by atoms with Crippen LogP contribution in [0, 0.1) is 0 Å². The Labute approximate surface area is 124 Å². The Morgan fingerprint density at radius 1 is 1.25 bits per heavy atom. The van der Waals surface area contributed by atoms with Crippen LogP contribution in [0.4, 0.5) is 0 Å². The van der Waals surface area contributed by atoms with Gasteiger partial charge in [-0.2, -0.15) is 0 Å². The van der Waals surface area contributed by atoms with Crippen LogP contribution in [0.2, 0.25) is 18.1 Å². The molecule has 0 fully saturated rings. The van der Waals surface area contributed by atoms with E-state index in [4.69, 9.17) is 4.43 Å². The Morgan fingerprint density at radius 2 is 1.85 bits per heavy atom. The lowest BCUT2D eigenvalue weighted by Gasteiger charge is -2.37. The third-order valence-corrected chi connectivity index (χ3v) is 8.28. The fourth-order valence-corrected chi connectivity index (χ4v) is 2.64. The Morgan fingerprint density at radius 3 is 2.30 bits per heavy atom. The maximum absolute atomic E-state index is 11.5. The molecule has 3 heteroatoms. The molecule has 2 nitrogen and oxygen atoms in total. The van der Waals surface area contributed by atoms with E-state index >= 15 is 0 Å². The summed E-state index contributed by atoms with van der Waals surface area (Å²) in [5.74, 6) is 0.953. The number of allylic oxidation sites excluding steroid dienone is 1. The topological polar surface area (TPSA) is 26.3 Å². The first-order chi connectivity index (χ1) is 9.08. The van der Waals surface area contributed by atoms with Gasteiger partial charge in [-0.1, -0.05) is 32.9 Å². The second kappa shape index (κ2) is 5.96. The molecule has 0 aliphatic carbocycles. The minimum Gasteiger partial charge on any atom is -0.543 e. The molecule has 0 aliphatic rings. The van der Waals surface area contributed by atoms with Gasteiger partial charge in [-0.25, -0.2) is 0 Å². The van der Waals surface area contributed by atoms with Gasteiger partial charge in [0.2, 0.25) is 0 Å². The molecule has 0 aliphatic heterocycles. The van der Waals surface area contributed by atoms with Crippen LogP contribution in [0.5, 0.6) is 5.75 Å². The van der Waals surface area contributed by atoms with Gasteiger partial charge in [0.15, 0.2) is 5.78 Å². The molecule has 0 N–H and O–H groups in total. The van der Waals surface area contributed by atoms with Crippen molar-refractivity contribution in [1.82, 2.24) is 0 Å². The smallest absolute Gasteiger partial charge is 0.250 e. The molecule has 0 radical (unpaired) electrons. The van der Waals surface area contributed by atoms with Gasteiger partial charge in [-0.15, -0.1) is 0 Å². The lowest BCUT2D eigenvalue weighted by Crippen LogP contribution is -2.44. The van der Waals surface area contributed by atoms with Gasteiger partial charge in [0, 0.05) is 11.1 Å². The minimum absolute atomic E-state index is 0.0784. The Bertz CT molecular complexity index is 522. The van der Waals surface area contributed by atoms with E-state index in [1.807, 2.05) is 37.3 Å². The summed E-state index contributed by atoms with van der Waals surface area (Å²) in [6.45, 7) is 14.7. The lowest BCUT2D eigenvalue weighted by atomic mass is 10.1. The van der Waals surface area contributed by atoms with Gasteiger partial charge in [-0.3, -0.25) is 4.79 Å². The number of Topliss-reactive ketones (excluding diaryl/α,β-unsaturated/α-hetero) is 1. The van der Waals surface area contributed by atoms with Crippen molar-refractivity contribution < 1.29 is 9.22 Å². The van der Waals surface area contributed by atoms with E-state index in [0.29, 0.717) is 0 Å². The molecule has 1 aromatic carbocycles. The highest BCUT2D eigenvalue weighted by Gasteiger charge is 2.39. The second-order valence-electron chi connectivity index (χ2n) is 6.67. The predicted molar refractivity (Wildman–Crippen MR) is 89.0 cm³/mol. The van der Waals surface area contributed by atoms with Crippen molar-refractivity contribution in [2.24, 2.45) is 0 Å². The number of benzene rings is 1. The number of carbonyl (C=O) groups excluding carboxylic acids is 1. The largest absolute Gasteiger partial charge is 0.543 e. The minimum atomic E-state index is -1.87.